The highest BCUT2D eigenvalue weighted by Crippen LogP contribution is 2.28. The lowest BCUT2D eigenvalue weighted by molar-refractivity contribution is -0.133. The molecule has 0 bridgehead atoms. The average Bonchev–Trinajstić information content (AvgIpc) is 2.78. The third-order valence-corrected chi connectivity index (χ3v) is 7.07. The summed E-state index contributed by atoms with van der Waals surface area (Å²) in [6, 6.07) is 11.0. The van der Waals surface area contributed by atoms with Crippen molar-refractivity contribution in [1.82, 2.24) is 4.90 Å². The smallest absolute Gasteiger partial charge is 0.264 e. The average molecular weight is 450 g/mol. The van der Waals surface area contributed by atoms with E-state index in [2.05, 4.69) is 0 Å². The predicted octanol–water partition coefficient (Wildman–Crippen LogP) is 1.75. The maximum atomic E-state index is 14.5. The molecule has 2 N–H and O–H groups in total. The number of carbonyl (C=O) groups excluding carboxylic acids is 2. The molecule has 1 aliphatic heterocycles. The van der Waals surface area contributed by atoms with Crippen molar-refractivity contribution in [2.24, 2.45) is 11.7 Å². The number of halogens is 1. The topological polar surface area (TPSA) is 110 Å². The lowest BCUT2D eigenvalue weighted by Crippen LogP contribution is -2.47. The first-order valence-electron chi connectivity index (χ1n) is 9.72. The summed E-state index contributed by atoms with van der Waals surface area (Å²) in [4.78, 5) is 25.6. The van der Waals surface area contributed by atoms with Crippen LogP contribution in [0.5, 0.6) is 5.75 Å². The Morgan fingerprint density at radius 2 is 1.74 bits per heavy atom. The fourth-order valence-electron chi connectivity index (χ4n) is 3.46. The lowest BCUT2D eigenvalue weighted by Gasteiger charge is -2.33. The van der Waals surface area contributed by atoms with Gasteiger partial charge < -0.3 is 15.4 Å². The van der Waals surface area contributed by atoms with E-state index in [1.54, 1.807) is 0 Å². The number of rotatable bonds is 7. The number of carbonyl (C=O) groups is 2. The summed E-state index contributed by atoms with van der Waals surface area (Å²) in [5.74, 6) is -1.51. The number of anilines is 1. The third-order valence-electron chi connectivity index (χ3n) is 5.30. The molecule has 0 unspecified atom stereocenters. The molecule has 0 aromatic heterocycles. The standard InChI is InChI=1S/C21H24FN3O5S/c1-30-16-6-8-17(9-7-16)31(28,29)25(19-5-3-2-4-18(19)22)14-20(26)24-12-10-15(11-13-24)21(23)27/h2-9,15H,10-14H2,1H3,(H2,23,27). The van der Waals surface area contributed by atoms with E-state index in [0.717, 1.165) is 10.4 Å². The second kappa shape index (κ2) is 9.34. The van der Waals surface area contributed by atoms with E-state index in [4.69, 9.17) is 10.5 Å². The number of amides is 2. The molecule has 0 aliphatic carbocycles. The van der Waals surface area contributed by atoms with Crippen molar-refractivity contribution in [3.63, 3.8) is 0 Å². The van der Waals surface area contributed by atoms with Crippen molar-refractivity contribution in [3.8, 4) is 5.75 Å². The van der Waals surface area contributed by atoms with E-state index < -0.39 is 34.2 Å². The molecule has 2 amide bonds. The number of hydrogen-bond donors (Lipinski definition) is 1. The fourth-order valence-corrected chi connectivity index (χ4v) is 4.89. The van der Waals surface area contributed by atoms with Crippen LogP contribution in [0.4, 0.5) is 10.1 Å². The van der Waals surface area contributed by atoms with Gasteiger partial charge in [-0.25, -0.2) is 12.8 Å². The summed E-state index contributed by atoms with van der Waals surface area (Å²) in [6.45, 7) is -0.0171. The number of nitrogens with two attached hydrogens (primary N) is 1. The molecule has 0 atom stereocenters. The molecule has 0 radical (unpaired) electrons. The minimum Gasteiger partial charge on any atom is -0.497 e. The first-order valence-corrected chi connectivity index (χ1v) is 11.2. The van der Waals surface area contributed by atoms with Gasteiger partial charge in [-0.05, 0) is 49.2 Å². The number of ether oxygens (including phenoxy) is 1. The van der Waals surface area contributed by atoms with Gasteiger partial charge in [-0.3, -0.25) is 13.9 Å². The number of sulfonamides is 1. The minimum atomic E-state index is -4.24. The number of benzene rings is 2. The zero-order valence-corrected chi connectivity index (χ0v) is 17.8. The monoisotopic (exact) mass is 449 g/mol. The first kappa shape index (κ1) is 22.5. The van der Waals surface area contributed by atoms with Crippen molar-refractivity contribution in [3.05, 3.63) is 54.3 Å². The van der Waals surface area contributed by atoms with Crippen LogP contribution in [0.1, 0.15) is 12.8 Å². The number of primary amides is 1. The summed E-state index contributed by atoms with van der Waals surface area (Å²) in [5, 5.41) is 0. The summed E-state index contributed by atoms with van der Waals surface area (Å²) in [6.07, 6.45) is 0.817. The van der Waals surface area contributed by atoms with Crippen LogP contribution in [0.3, 0.4) is 0 Å². The van der Waals surface area contributed by atoms with Gasteiger partial charge in [0.25, 0.3) is 10.0 Å². The molecule has 1 fully saturated rings. The number of nitrogens with zero attached hydrogens (tertiary/aromatic N) is 2. The number of para-hydroxylation sites is 1. The number of likely N-dealkylation sites (tertiary alicyclic amines) is 1. The molecular weight excluding hydrogens is 425 g/mol. The fraction of sp³-hybridized carbons (Fsp3) is 0.333. The highest BCUT2D eigenvalue weighted by atomic mass is 32.2. The Morgan fingerprint density at radius 3 is 2.29 bits per heavy atom. The molecule has 10 heteroatoms. The van der Waals surface area contributed by atoms with Crippen LogP contribution in [0, 0.1) is 11.7 Å². The van der Waals surface area contributed by atoms with Gasteiger partial charge in [0.05, 0.1) is 17.7 Å². The van der Waals surface area contributed by atoms with Crippen LogP contribution in [0.2, 0.25) is 0 Å². The van der Waals surface area contributed by atoms with Crippen molar-refractivity contribution in [2.75, 3.05) is 31.0 Å². The molecule has 2 aromatic rings. The summed E-state index contributed by atoms with van der Waals surface area (Å²) in [7, 11) is -2.79. The maximum Gasteiger partial charge on any atom is 0.264 e. The predicted molar refractivity (Wildman–Crippen MR) is 112 cm³/mol. The molecule has 3 rings (SSSR count). The van der Waals surface area contributed by atoms with Gasteiger partial charge >= 0.3 is 0 Å². The van der Waals surface area contributed by atoms with Crippen molar-refractivity contribution < 1.29 is 27.1 Å². The molecule has 166 valence electrons. The summed E-state index contributed by atoms with van der Waals surface area (Å²) >= 11 is 0. The molecule has 1 aliphatic rings. The third kappa shape index (κ3) is 4.96. The van der Waals surface area contributed by atoms with Gasteiger partial charge in [0.1, 0.15) is 18.1 Å². The van der Waals surface area contributed by atoms with Gasteiger partial charge in [0.15, 0.2) is 0 Å². The van der Waals surface area contributed by atoms with E-state index in [-0.39, 0.29) is 29.6 Å². The molecule has 1 heterocycles. The molecule has 2 aromatic carbocycles. The largest absolute Gasteiger partial charge is 0.497 e. The van der Waals surface area contributed by atoms with Crippen LogP contribution in [0.15, 0.2) is 53.4 Å². The van der Waals surface area contributed by atoms with Crippen molar-refractivity contribution >= 4 is 27.5 Å². The molecule has 0 saturated carbocycles. The van der Waals surface area contributed by atoms with E-state index in [1.165, 1.54) is 54.5 Å². The molecule has 31 heavy (non-hydrogen) atoms. The normalized spacial score (nSPS) is 14.8. The van der Waals surface area contributed by atoms with Gasteiger partial charge in [-0.15, -0.1) is 0 Å². The summed E-state index contributed by atoms with van der Waals surface area (Å²) < 4.78 is 47.0. The van der Waals surface area contributed by atoms with Crippen LogP contribution in [-0.2, 0) is 19.6 Å². The molecular formula is C21H24FN3O5S. The quantitative estimate of drug-likeness (QED) is 0.693. The van der Waals surface area contributed by atoms with Crippen LogP contribution >= 0.6 is 0 Å². The highest BCUT2D eigenvalue weighted by Gasteiger charge is 2.32. The Morgan fingerprint density at radius 1 is 1.13 bits per heavy atom. The Balaban J connectivity index is 1.89. The molecule has 8 nitrogen and oxygen atoms in total. The number of piperidine rings is 1. The van der Waals surface area contributed by atoms with Crippen LogP contribution < -0.4 is 14.8 Å². The second-order valence-electron chi connectivity index (χ2n) is 7.20. The first-order chi connectivity index (χ1) is 14.7. The minimum absolute atomic E-state index is 0.100. The Kier molecular flexibility index (Phi) is 6.79. The highest BCUT2D eigenvalue weighted by molar-refractivity contribution is 7.92. The molecule has 0 spiro atoms. The van der Waals surface area contributed by atoms with Crippen molar-refractivity contribution in [2.45, 2.75) is 17.7 Å². The van der Waals surface area contributed by atoms with E-state index in [1.807, 2.05) is 0 Å². The van der Waals surface area contributed by atoms with E-state index in [0.29, 0.717) is 18.6 Å². The Bertz CT molecular complexity index is 1050. The Hall–Kier alpha value is -3.14. The number of hydrogen-bond acceptors (Lipinski definition) is 5. The van der Waals surface area contributed by atoms with Gasteiger partial charge in [0, 0.05) is 19.0 Å². The zero-order chi connectivity index (χ0) is 22.6. The zero-order valence-electron chi connectivity index (χ0n) is 17.0. The van der Waals surface area contributed by atoms with Crippen molar-refractivity contribution in [1.29, 1.82) is 0 Å². The maximum absolute atomic E-state index is 14.5. The van der Waals surface area contributed by atoms with E-state index in [9.17, 15) is 22.4 Å². The van der Waals surface area contributed by atoms with Crippen LogP contribution in [0.25, 0.3) is 0 Å². The van der Waals surface area contributed by atoms with E-state index >= 15 is 0 Å². The SMILES string of the molecule is COc1ccc(S(=O)(=O)N(CC(=O)N2CCC(C(N)=O)CC2)c2ccccc2F)cc1. The molecule has 1 saturated heterocycles. The Labute approximate surface area is 180 Å². The van der Waals surface area contributed by atoms with Gasteiger partial charge in [-0.1, -0.05) is 12.1 Å². The number of methoxy groups -OCH3 is 1. The second-order valence-corrected chi connectivity index (χ2v) is 9.06. The summed E-state index contributed by atoms with van der Waals surface area (Å²) in [5.41, 5.74) is 5.10. The lowest BCUT2D eigenvalue weighted by atomic mass is 9.96. The van der Waals surface area contributed by atoms with Crippen LogP contribution in [-0.4, -0.2) is 51.9 Å². The van der Waals surface area contributed by atoms with Gasteiger partial charge in [0.2, 0.25) is 11.8 Å². The van der Waals surface area contributed by atoms with Gasteiger partial charge in [-0.2, -0.15) is 0 Å².